The zero-order chi connectivity index (χ0) is 14.1. The molecule has 0 spiro atoms. The second-order valence-electron chi connectivity index (χ2n) is 5.36. The smallest absolute Gasteiger partial charge is 0.126 e. The molecule has 0 aliphatic carbocycles. The Labute approximate surface area is 118 Å². The Morgan fingerprint density at radius 1 is 1.35 bits per heavy atom. The van der Waals surface area contributed by atoms with Crippen LogP contribution in [0.5, 0.6) is 5.75 Å². The lowest BCUT2D eigenvalue weighted by Crippen LogP contribution is -2.21. The van der Waals surface area contributed by atoms with Crippen molar-refractivity contribution in [3.05, 3.63) is 40.7 Å². The van der Waals surface area contributed by atoms with Crippen LogP contribution in [-0.4, -0.2) is 32.8 Å². The van der Waals surface area contributed by atoms with E-state index < -0.39 is 0 Å². The van der Waals surface area contributed by atoms with Gasteiger partial charge in [-0.05, 0) is 25.0 Å². The lowest BCUT2D eigenvalue weighted by Gasteiger charge is -2.10. The lowest BCUT2D eigenvalue weighted by molar-refractivity contribution is 0.201. The lowest BCUT2D eigenvalue weighted by atomic mass is 10.0. The standard InChI is InChI=1S/C15H19N3O2/c1-10-3-4-11(2)15-14(10)7-13(20-15)9-18-8-12(5-6-19)16-17-18/h3-4,8,13,19H,5-7,9H2,1-2H3. The van der Waals surface area contributed by atoms with E-state index in [1.807, 2.05) is 6.20 Å². The van der Waals surface area contributed by atoms with E-state index in [1.165, 1.54) is 16.7 Å². The topological polar surface area (TPSA) is 60.2 Å². The van der Waals surface area contributed by atoms with Crippen molar-refractivity contribution in [1.29, 1.82) is 0 Å². The van der Waals surface area contributed by atoms with E-state index in [4.69, 9.17) is 9.84 Å². The van der Waals surface area contributed by atoms with Crippen LogP contribution in [-0.2, 0) is 19.4 Å². The van der Waals surface area contributed by atoms with Gasteiger partial charge in [-0.1, -0.05) is 17.3 Å². The summed E-state index contributed by atoms with van der Waals surface area (Å²) in [5.74, 6) is 1.03. The summed E-state index contributed by atoms with van der Waals surface area (Å²) in [7, 11) is 0. The number of hydrogen-bond donors (Lipinski definition) is 1. The number of aromatic nitrogens is 3. The fraction of sp³-hybridized carbons (Fsp3) is 0.467. The monoisotopic (exact) mass is 273 g/mol. The van der Waals surface area contributed by atoms with Crippen molar-refractivity contribution in [3.8, 4) is 5.75 Å². The molecule has 106 valence electrons. The molecule has 0 bridgehead atoms. The first kappa shape index (κ1) is 13.1. The van der Waals surface area contributed by atoms with Gasteiger partial charge in [-0.3, -0.25) is 0 Å². The number of fused-ring (bicyclic) bond motifs is 1. The summed E-state index contributed by atoms with van der Waals surface area (Å²) in [5.41, 5.74) is 4.60. The van der Waals surface area contributed by atoms with E-state index in [0.29, 0.717) is 13.0 Å². The molecule has 0 saturated heterocycles. The third-order valence-electron chi connectivity index (χ3n) is 3.75. The van der Waals surface area contributed by atoms with Gasteiger partial charge in [0, 0.05) is 31.2 Å². The Kier molecular flexibility index (Phi) is 3.44. The van der Waals surface area contributed by atoms with Crippen molar-refractivity contribution in [3.63, 3.8) is 0 Å². The minimum Gasteiger partial charge on any atom is -0.488 e. The molecule has 0 fully saturated rings. The van der Waals surface area contributed by atoms with Gasteiger partial charge in [-0.25, -0.2) is 4.68 Å². The van der Waals surface area contributed by atoms with Crippen molar-refractivity contribution in [2.24, 2.45) is 0 Å². The maximum atomic E-state index is 8.89. The quantitative estimate of drug-likeness (QED) is 0.915. The fourth-order valence-electron chi connectivity index (χ4n) is 2.66. The Morgan fingerprint density at radius 2 is 2.15 bits per heavy atom. The molecule has 20 heavy (non-hydrogen) atoms. The van der Waals surface area contributed by atoms with Gasteiger partial charge in [-0.2, -0.15) is 0 Å². The average molecular weight is 273 g/mol. The zero-order valence-electron chi connectivity index (χ0n) is 11.8. The molecule has 1 atom stereocenters. The van der Waals surface area contributed by atoms with Crippen LogP contribution in [0.1, 0.15) is 22.4 Å². The summed E-state index contributed by atoms with van der Waals surface area (Å²) in [6.45, 7) is 4.99. The second kappa shape index (κ2) is 5.25. The molecule has 0 amide bonds. The highest BCUT2D eigenvalue weighted by Crippen LogP contribution is 2.34. The van der Waals surface area contributed by atoms with Gasteiger partial charge < -0.3 is 9.84 Å². The van der Waals surface area contributed by atoms with E-state index in [-0.39, 0.29) is 12.7 Å². The molecule has 2 heterocycles. The molecule has 0 saturated carbocycles. The predicted octanol–water partition coefficient (Wildman–Crippen LogP) is 1.43. The number of rotatable bonds is 4. The van der Waals surface area contributed by atoms with Crippen LogP contribution in [0, 0.1) is 13.8 Å². The van der Waals surface area contributed by atoms with Crippen LogP contribution in [0.15, 0.2) is 18.3 Å². The summed E-state index contributed by atoms with van der Waals surface area (Å²) in [5, 5.41) is 17.0. The highest BCUT2D eigenvalue weighted by atomic mass is 16.5. The molecule has 1 aliphatic heterocycles. The van der Waals surface area contributed by atoms with Crippen LogP contribution in [0.2, 0.25) is 0 Å². The summed E-state index contributed by atoms with van der Waals surface area (Å²) >= 11 is 0. The van der Waals surface area contributed by atoms with Gasteiger partial charge in [0.2, 0.25) is 0 Å². The van der Waals surface area contributed by atoms with Crippen molar-refractivity contribution in [2.45, 2.75) is 39.3 Å². The number of benzene rings is 1. The SMILES string of the molecule is Cc1ccc(C)c2c1CC(Cn1cc(CCO)nn1)O2. The number of aliphatic hydroxyl groups is 1. The molecule has 2 aromatic rings. The van der Waals surface area contributed by atoms with E-state index >= 15 is 0 Å². The van der Waals surface area contributed by atoms with Crippen molar-refractivity contribution >= 4 is 0 Å². The van der Waals surface area contributed by atoms with Gasteiger partial charge in [-0.15, -0.1) is 5.10 Å². The number of hydrogen-bond acceptors (Lipinski definition) is 4. The molecule has 1 aliphatic rings. The molecular weight excluding hydrogens is 254 g/mol. The van der Waals surface area contributed by atoms with E-state index in [2.05, 4.69) is 36.3 Å². The first-order valence-corrected chi connectivity index (χ1v) is 6.93. The Balaban J connectivity index is 1.72. The maximum Gasteiger partial charge on any atom is 0.126 e. The maximum absolute atomic E-state index is 8.89. The van der Waals surface area contributed by atoms with E-state index in [9.17, 15) is 0 Å². The normalized spacial score (nSPS) is 17.1. The Hall–Kier alpha value is -1.88. The van der Waals surface area contributed by atoms with Crippen molar-refractivity contribution < 1.29 is 9.84 Å². The van der Waals surface area contributed by atoms with Gasteiger partial charge in [0.15, 0.2) is 0 Å². The Morgan fingerprint density at radius 3 is 2.90 bits per heavy atom. The van der Waals surface area contributed by atoms with Crippen LogP contribution in [0.4, 0.5) is 0 Å². The van der Waals surface area contributed by atoms with Crippen LogP contribution in [0.25, 0.3) is 0 Å². The summed E-state index contributed by atoms with van der Waals surface area (Å²) in [4.78, 5) is 0. The first-order chi connectivity index (χ1) is 9.67. The second-order valence-corrected chi connectivity index (χ2v) is 5.36. The minimum absolute atomic E-state index is 0.0997. The largest absolute Gasteiger partial charge is 0.488 e. The number of ether oxygens (including phenoxy) is 1. The minimum atomic E-state index is 0.0997. The molecule has 0 radical (unpaired) electrons. The number of aliphatic hydroxyl groups excluding tert-OH is 1. The number of aryl methyl sites for hydroxylation is 2. The van der Waals surface area contributed by atoms with Crippen molar-refractivity contribution in [2.75, 3.05) is 6.61 Å². The van der Waals surface area contributed by atoms with Crippen LogP contribution in [0.3, 0.4) is 0 Å². The molecule has 5 heteroatoms. The molecule has 1 unspecified atom stereocenters. The van der Waals surface area contributed by atoms with Crippen LogP contribution < -0.4 is 4.74 Å². The van der Waals surface area contributed by atoms with Gasteiger partial charge >= 0.3 is 0 Å². The molecule has 1 aromatic carbocycles. The van der Waals surface area contributed by atoms with Gasteiger partial charge in [0.25, 0.3) is 0 Å². The van der Waals surface area contributed by atoms with E-state index in [0.717, 1.165) is 17.9 Å². The summed E-state index contributed by atoms with van der Waals surface area (Å²) in [6.07, 6.45) is 3.44. The number of nitrogens with zero attached hydrogens (tertiary/aromatic N) is 3. The highest BCUT2D eigenvalue weighted by Gasteiger charge is 2.26. The molecule has 1 N–H and O–H groups in total. The van der Waals surface area contributed by atoms with Crippen LogP contribution >= 0.6 is 0 Å². The highest BCUT2D eigenvalue weighted by molar-refractivity contribution is 5.48. The molecule has 1 aromatic heterocycles. The van der Waals surface area contributed by atoms with E-state index in [1.54, 1.807) is 4.68 Å². The van der Waals surface area contributed by atoms with Gasteiger partial charge in [0.05, 0.1) is 12.2 Å². The van der Waals surface area contributed by atoms with Gasteiger partial charge in [0.1, 0.15) is 11.9 Å². The molecule has 3 rings (SSSR count). The summed E-state index contributed by atoms with van der Waals surface area (Å²) < 4.78 is 7.85. The Bertz CT molecular complexity index is 591. The molecule has 5 nitrogen and oxygen atoms in total. The first-order valence-electron chi connectivity index (χ1n) is 6.93. The zero-order valence-corrected chi connectivity index (χ0v) is 11.8. The van der Waals surface area contributed by atoms with Crippen molar-refractivity contribution in [1.82, 2.24) is 15.0 Å². The summed E-state index contributed by atoms with van der Waals surface area (Å²) in [6, 6.07) is 4.25. The fourth-order valence-corrected chi connectivity index (χ4v) is 2.66. The molecular formula is C15H19N3O2. The predicted molar refractivity (Wildman–Crippen MR) is 74.8 cm³/mol. The third-order valence-corrected chi connectivity index (χ3v) is 3.75. The average Bonchev–Trinajstić information content (AvgIpc) is 3.03. The third kappa shape index (κ3) is 2.41.